The second kappa shape index (κ2) is 9.35. The number of imidazole rings is 1. The lowest BCUT2D eigenvalue weighted by Crippen LogP contribution is -2.16. The minimum Gasteiger partial charge on any atom is -0.487 e. The lowest BCUT2D eigenvalue weighted by molar-refractivity contribution is -0.139. The Morgan fingerprint density at radius 1 is 1.00 bits per heavy atom. The summed E-state index contributed by atoms with van der Waals surface area (Å²) in [5.41, 5.74) is 6.62. The molecule has 1 aliphatic heterocycles. The van der Waals surface area contributed by atoms with E-state index in [1.165, 1.54) is 7.11 Å². The van der Waals surface area contributed by atoms with Gasteiger partial charge in [0.05, 0.1) is 35.3 Å². The van der Waals surface area contributed by atoms with Crippen LogP contribution in [-0.4, -0.2) is 42.7 Å². The van der Waals surface area contributed by atoms with Gasteiger partial charge in [-0.15, -0.1) is 0 Å². The van der Waals surface area contributed by atoms with Gasteiger partial charge in [-0.1, -0.05) is 49.4 Å². The van der Waals surface area contributed by atoms with Gasteiger partial charge in [0, 0.05) is 47.3 Å². The summed E-state index contributed by atoms with van der Waals surface area (Å²) < 4.78 is 13.4. The first-order chi connectivity index (χ1) is 20.9. The predicted octanol–water partition coefficient (Wildman–Crippen LogP) is 5.75. The molecule has 1 unspecified atom stereocenters. The summed E-state index contributed by atoms with van der Waals surface area (Å²) in [6, 6.07) is 24.5. The minimum atomic E-state index is -0.831. The monoisotopic (exact) mass is 569 g/mol. The molecule has 3 atom stereocenters. The maximum atomic E-state index is 12.7. The highest BCUT2D eigenvalue weighted by Gasteiger charge is 2.69. The molecule has 3 aromatic heterocycles. The number of methoxy groups -OCH3 is 1. The molecular formula is C34H27N5O4. The molecule has 8 rings (SSSR count). The van der Waals surface area contributed by atoms with Gasteiger partial charge >= 0.3 is 12.0 Å². The Morgan fingerprint density at radius 2 is 1.84 bits per heavy atom. The second-order valence-electron chi connectivity index (χ2n) is 11.4. The largest absolute Gasteiger partial charge is 0.487 e. The van der Waals surface area contributed by atoms with Crippen LogP contribution in [0.4, 0.5) is 0 Å². The summed E-state index contributed by atoms with van der Waals surface area (Å²) in [5, 5.41) is 11.5. The highest BCUT2D eigenvalue weighted by atomic mass is 16.5. The van der Waals surface area contributed by atoms with Gasteiger partial charge in [-0.25, -0.2) is 19.9 Å². The smallest absolute Gasteiger partial charge is 0.316 e. The van der Waals surface area contributed by atoms with Crippen molar-refractivity contribution >= 4 is 27.9 Å². The number of para-hydroxylation sites is 1. The van der Waals surface area contributed by atoms with Crippen LogP contribution in [0.3, 0.4) is 0 Å². The zero-order valence-corrected chi connectivity index (χ0v) is 23.6. The number of hydrogen-bond donors (Lipinski definition) is 1. The van der Waals surface area contributed by atoms with E-state index in [1.807, 2.05) is 67.6 Å². The molecule has 1 N–H and O–H groups in total. The summed E-state index contributed by atoms with van der Waals surface area (Å²) in [7, 11) is 1.53. The van der Waals surface area contributed by atoms with Crippen LogP contribution in [0.15, 0.2) is 85.2 Å². The molecule has 0 amide bonds. The Kier molecular flexibility index (Phi) is 5.53. The van der Waals surface area contributed by atoms with Crippen LogP contribution in [0.1, 0.15) is 35.5 Å². The van der Waals surface area contributed by atoms with E-state index < -0.39 is 17.3 Å². The van der Waals surface area contributed by atoms with Crippen molar-refractivity contribution in [3.8, 4) is 22.9 Å². The molecule has 3 aromatic carbocycles. The Balaban J connectivity index is 1.16. The van der Waals surface area contributed by atoms with Gasteiger partial charge < -0.3 is 19.1 Å². The van der Waals surface area contributed by atoms with Crippen LogP contribution in [0, 0.1) is 5.92 Å². The van der Waals surface area contributed by atoms with E-state index in [0.717, 1.165) is 55.7 Å². The molecule has 0 saturated heterocycles. The summed E-state index contributed by atoms with van der Waals surface area (Å²) in [6.07, 6.45) is 3.44. The highest BCUT2D eigenvalue weighted by molar-refractivity contribution is 5.85. The van der Waals surface area contributed by atoms with Gasteiger partial charge in [0.15, 0.2) is 0 Å². The fourth-order valence-corrected chi connectivity index (χ4v) is 6.76. The summed E-state index contributed by atoms with van der Waals surface area (Å²) in [4.78, 5) is 31.0. The van der Waals surface area contributed by atoms with Crippen molar-refractivity contribution in [2.75, 3.05) is 7.11 Å². The molecule has 0 spiro atoms. The SMILES string of the molecule is COc1ncc(-c2ccc3cc2C2(C)[C@H](C(=O)O)[C@@H]2c2nc4cc(OCc5ccc6ccccc6n5)ccc4n2C3)cn1. The topological polar surface area (TPSA) is 112 Å². The first-order valence-corrected chi connectivity index (χ1v) is 14.1. The standard InChI is InChI=1S/C34H27N5O4/c1-34-25-13-19(7-11-24(25)21-15-35-33(42-2)36-16-21)17-39-28-12-10-23(14-27(28)38-31(39)29(34)30(34)32(40)41)43-18-22-9-8-20-5-3-4-6-26(20)37-22/h3-16,29-30H,17-18H2,1-2H3,(H,40,41)/t29-,30+,34?/m1/s1. The van der Waals surface area contributed by atoms with Crippen LogP contribution < -0.4 is 9.47 Å². The van der Waals surface area contributed by atoms with E-state index >= 15 is 0 Å². The quantitative estimate of drug-likeness (QED) is 0.270. The number of nitrogens with zero attached hydrogens (tertiary/aromatic N) is 5. The molecule has 9 heteroatoms. The third-order valence-corrected chi connectivity index (χ3v) is 8.98. The number of hydrogen-bond acceptors (Lipinski definition) is 7. The van der Waals surface area contributed by atoms with Gasteiger partial charge in [0.2, 0.25) is 0 Å². The summed E-state index contributed by atoms with van der Waals surface area (Å²) >= 11 is 0. The Bertz CT molecular complexity index is 2070. The van der Waals surface area contributed by atoms with Crippen LogP contribution in [0.2, 0.25) is 0 Å². The number of carboxylic acid groups (broad SMARTS) is 1. The van der Waals surface area contributed by atoms with Crippen LogP contribution in [0.25, 0.3) is 33.1 Å². The number of carbonyl (C=O) groups is 1. The van der Waals surface area contributed by atoms with Gasteiger partial charge in [0.1, 0.15) is 18.2 Å². The Morgan fingerprint density at radius 3 is 2.65 bits per heavy atom. The summed E-state index contributed by atoms with van der Waals surface area (Å²) in [6.45, 7) is 2.94. The van der Waals surface area contributed by atoms with Crippen LogP contribution in [-0.2, 0) is 23.4 Å². The van der Waals surface area contributed by atoms with Gasteiger partial charge in [-0.2, -0.15) is 0 Å². The van der Waals surface area contributed by atoms with E-state index in [4.69, 9.17) is 19.4 Å². The molecule has 4 heterocycles. The molecule has 2 aliphatic rings. The normalized spacial score (nSPS) is 20.1. The van der Waals surface area contributed by atoms with Crippen molar-refractivity contribution in [3.05, 3.63) is 108 Å². The fraction of sp³-hybridized carbons (Fsp3) is 0.206. The maximum Gasteiger partial charge on any atom is 0.316 e. The van der Waals surface area contributed by atoms with Crippen molar-refractivity contribution in [2.45, 2.75) is 31.4 Å². The molecule has 9 nitrogen and oxygen atoms in total. The number of ether oxygens (including phenoxy) is 2. The number of carboxylic acids is 1. The third-order valence-electron chi connectivity index (χ3n) is 8.98. The lowest BCUT2D eigenvalue weighted by Gasteiger charge is -2.22. The first kappa shape index (κ1) is 25.4. The third kappa shape index (κ3) is 3.95. The minimum absolute atomic E-state index is 0.285. The molecule has 6 aromatic rings. The van der Waals surface area contributed by atoms with Gasteiger partial charge in [0.25, 0.3) is 0 Å². The highest BCUT2D eigenvalue weighted by Crippen LogP contribution is 2.67. The molecule has 0 radical (unpaired) electrons. The Hall–Kier alpha value is -5.31. The number of pyridine rings is 1. The number of benzene rings is 3. The van der Waals surface area contributed by atoms with E-state index in [2.05, 4.69) is 26.7 Å². The molecular weight excluding hydrogens is 542 g/mol. The van der Waals surface area contributed by atoms with Crippen molar-refractivity contribution in [1.29, 1.82) is 0 Å². The molecule has 1 saturated carbocycles. The van der Waals surface area contributed by atoms with Crippen LogP contribution in [0.5, 0.6) is 11.8 Å². The summed E-state index contributed by atoms with van der Waals surface area (Å²) in [5.74, 6) is -0.283. The fourth-order valence-electron chi connectivity index (χ4n) is 6.76. The van der Waals surface area contributed by atoms with Crippen molar-refractivity contribution in [3.63, 3.8) is 0 Å². The first-order valence-electron chi connectivity index (χ1n) is 14.1. The molecule has 2 bridgehead atoms. The number of aromatic nitrogens is 5. The van der Waals surface area contributed by atoms with E-state index in [9.17, 15) is 9.90 Å². The van der Waals surface area contributed by atoms with Crippen molar-refractivity contribution in [2.24, 2.45) is 5.92 Å². The molecule has 1 aliphatic carbocycles. The van der Waals surface area contributed by atoms with E-state index in [-0.39, 0.29) is 11.9 Å². The van der Waals surface area contributed by atoms with Crippen molar-refractivity contribution in [1.82, 2.24) is 24.5 Å². The number of aliphatic carboxylic acids is 1. The van der Waals surface area contributed by atoms with E-state index in [1.54, 1.807) is 12.4 Å². The number of fused-ring (bicyclic) bond motifs is 9. The predicted molar refractivity (Wildman–Crippen MR) is 160 cm³/mol. The molecule has 43 heavy (non-hydrogen) atoms. The zero-order valence-electron chi connectivity index (χ0n) is 23.6. The maximum absolute atomic E-state index is 12.7. The molecule has 1 fully saturated rings. The van der Waals surface area contributed by atoms with Gasteiger partial charge in [-0.3, -0.25) is 4.79 Å². The van der Waals surface area contributed by atoms with Crippen molar-refractivity contribution < 1.29 is 19.4 Å². The molecule has 212 valence electrons. The van der Waals surface area contributed by atoms with Crippen LogP contribution >= 0.6 is 0 Å². The second-order valence-corrected chi connectivity index (χ2v) is 11.4. The zero-order chi connectivity index (χ0) is 29.3. The lowest BCUT2D eigenvalue weighted by atomic mass is 9.85. The Labute approximate surface area is 246 Å². The average Bonchev–Trinajstić information content (AvgIpc) is 3.53. The van der Waals surface area contributed by atoms with Gasteiger partial charge in [-0.05, 0) is 41.0 Å². The average molecular weight is 570 g/mol. The van der Waals surface area contributed by atoms with E-state index in [0.29, 0.717) is 18.9 Å². The number of rotatable bonds is 6.